The SMILES string of the molecule is Cc1cc(C)c(S(=O)(=O)N(CC(=O)NCCc2ccccc2)C2CCCCC2)c(C)c1. The van der Waals surface area contributed by atoms with Crippen LogP contribution in [0.1, 0.15) is 54.4 Å². The third-order valence-electron chi connectivity index (χ3n) is 6.03. The molecule has 0 unspecified atom stereocenters. The van der Waals surface area contributed by atoms with Crippen LogP contribution in [0.25, 0.3) is 0 Å². The summed E-state index contributed by atoms with van der Waals surface area (Å²) < 4.78 is 29.0. The highest BCUT2D eigenvalue weighted by Crippen LogP contribution is 2.31. The average molecular weight is 443 g/mol. The van der Waals surface area contributed by atoms with Gasteiger partial charge in [0, 0.05) is 12.6 Å². The first-order valence-corrected chi connectivity index (χ1v) is 12.6. The zero-order chi connectivity index (χ0) is 22.4. The number of nitrogens with one attached hydrogen (secondary N) is 1. The van der Waals surface area contributed by atoms with Crippen LogP contribution in [-0.2, 0) is 21.2 Å². The van der Waals surface area contributed by atoms with Crippen molar-refractivity contribution >= 4 is 15.9 Å². The Hall–Kier alpha value is -2.18. The summed E-state index contributed by atoms with van der Waals surface area (Å²) in [5.41, 5.74) is 3.66. The minimum absolute atomic E-state index is 0.126. The third-order valence-corrected chi connectivity index (χ3v) is 8.24. The molecular formula is C25H34N2O3S. The Morgan fingerprint density at radius 2 is 1.61 bits per heavy atom. The molecule has 1 aliphatic rings. The van der Waals surface area contributed by atoms with Crippen LogP contribution in [0.15, 0.2) is 47.4 Å². The maximum Gasteiger partial charge on any atom is 0.244 e. The zero-order valence-electron chi connectivity index (χ0n) is 18.9. The predicted octanol–water partition coefficient (Wildman–Crippen LogP) is 4.29. The lowest BCUT2D eigenvalue weighted by Crippen LogP contribution is -2.47. The fraction of sp³-hybridized carbons (Fsp3) is 0.480. The first-order valence-electron chi connectivity index (χ1n) is 11.2. The van der Waals surface area contributed by atoms with E-state index in [0.29, 0.717) is 11.4 Å². The summed E-state index contributed by atoms with van der Waals surface area (Å²) in [6.07, 6.45) is 5.45. The van der Waals surface area contributed by atoms with Gasteiger partial charge in [0.05, 0.1) is 11.4 Å². The molecule has 0 saturated heterocycles. The monoisotopic (exact) mass is 442 g/mol. The highest BCUT2D eigenvalue weighted by atomic mass is 32.2. The molecule has 31 heavy (non-hydrogen) atoms. The number of sulfonamides is 1. The van der Waals surface area contributed by atoms with E-state index in [9.17, 15) is 13.2 Å². The second-order valence-corrected chi connectivity index (χ2v) is 10.5. The fourth-order valence-corrected chi connectivity index (χ4v) is 6.72. The van der Waals surface area contributed by atoms with E-state index in [4.69, 9.17) is 0 Å². The summed E-state index contributed by atoms with van der Waals surface area (Å²) in [6, 6.07) is 13.6. The molecule has 1 N–H and O–H groups in total. The number of benzene rings is 2. The number of nitrogens with zero attached hydrogens (tertiary/aromatic N) is 1. The van der Waals surface area contributed by atoms with Crippen LogP contribution in [0.3, 0.4) is 0 Å². The number of amides is 1. The Labute approximate surface area is 186 Å². The third kappa shape index (κ3) is 5.95. The molecule has 0 radical (unpaired) electrons. The summed E-state index contributed by atoms with van der Waals surface area (Å²) in [5, 5.41) is 2.92. The van der Waals surface area contributed by atoms with Gasteiger partial charge in [-0.15, -0.1) is 0 Å². The van der Waals surface area contributed by atoms with Gasteiger partial charge in [0.1, 0.15) is 0 Å². The lowest BCUT2D eigenvalue weighted by Gasteiger charge is -2.33. The van der Waals surface area contributed by atoms with Gasteiger partial charge >= 0.3 is 0 Å². The summed E-state index contributed by atoms with van der Waals surface area (Å²) in [4.78, 5) is 13.1. The van der Waals surface area contributed by atoms with Crippen molar-refractivity contribution in [2.75, 3.05) is 13.1 Å². The highest BCUT2D eigenvalue weighted by Gasteiger charge is 2.35. The van der Waals surface area contributed by atoms with Crippen LogP contribution in [0.4, 0.5) is 0 Å². The van der Waals surface area contributed by atoms with Crippen LogP contribution >= 0.6 is 0 Å². The van der Waals surface area contributed by atoms with Crippen LogP contribution in [0.5, 0.6) is 0 Å². The average Bonchev–Trinajstić information content (AvgIpc) is 2.72. The van der Waals surface area contributed by atoms with Crippen LogP contribution < -0.4 is 5.32 Å². The molecule has 1 fully saturated rings. The standard InChI is InChI=1S/C25H34N2O3S/c1-19-16-20(2)25(21(3)17-19)31(29,30)27(23-12-8-5-9-13-23)18-24(28)26-15-14-22-10-6-4-7-11-22/h4,6-7,10-11,16-17,23H,5,8-9,12-15,18H2,1-3H3,(H,26,28). The molecule has 0 atom stereocenters. The number of aryl methyl sites for hydroxylation is 3. The molecule has 0 bridgehead atoms. The van der Waals surface area contributed by atoms with E-state index in [1.54, 1.807) is 0 Å². The topological polar surface area (TPSA) is 66.5 Å². The Kier molecular flexibility index (Phi) is 7.89. The molecular weight excluding hydrogens is 408 g/mol. The molecule has 2 aromatic carbocycles. The minimum Gasteiger partial charge on any atom is -0.355 e. The van der Waals surface area contributed by atoms with E-state index < -0.39 is 10.0 Å². The summed E-state index contributed by atoms with van der Waals surface area (Å²) in [7, 11) is -3.78. The number of hydrogen-bond donors (Lipinski definition) is 1. The van der Waals surface area contributed by atoms with E-state index in [2.05, 4.69) is 5.32 Å². The van der Waals surface area contributed by atoms with E-state index in [-0.39, 0.29) is 18.5 Å². The Balaban J connectivity index is 1.79. The van der Waals surface area contributed by atoms with Gasteiger partial charge in [-0.05, 0) is 56.7 Å². The van der Waals surface area contributed by atoms with E-state index in [1.807, 2.05) is 63.2 Å². The van der Waals surface area contributed by atoms with Crippen molar-refractivity contribution in [3.63, 3.8) is 0 Å². The molecule has 0 spiro atoms. The molecule has 0 aromatic heterocycles. The minimum atomic E-state index is -3.78. The zero-order valence-corrected chi connectivity index (χ0v) is 19.7. The number of carbonyl (C=O) groups is 1. The van der Waals surface area contributed by atoms with Crippen LogP contribution in [0.2, 0.25) is 0 Å². The van der Waals surface area contributed by atoms with Gasteiger partial charge in [-0.25, -0.2) is 8.42 Å². The first-order chi connectivity index (χ1) is 14.8. The Morgan fingerprint density at radius 1 is 1.00 bits per heavy atom. The molecule has 168 valence electrons. The molecule has 1 saturated carbocycles. The van der Waals surface area contributed by atoms with Gasteiger partial charge in [-0.2, -0.15) is 4.31 Å². The Morgan fingerprint density at radius 3 is 2.23 bits per heavy atom. The summed E-state index contributed by atoms with van der Waals surface area (Å²) in [6.45, 7) is 6.01. The lowest BCUT2D eigenvalue weighted by molar-refractivity contribution is -0.121. The van der Waals surface area contributed by atoms with Crippen molar-refractivity contribution in [2.24, 2.45) is 0 Å². The first kappa shape index (κ1) is 23.5. The summed E-state index contributed by atoms with van der Waals surface area (Å²) in [5.74, 6) is -0.243. The number of rotatable bonds is 8. The van der Waals surface area contributed by atoms with Crippen molar-refractivity contribution in [2.45, 2.75) is 70.2 Å². The number of carbonyl (C=O) groups excluding carboxylic acids is 1. The van der Waals surface area contributed by atoms with E-state index >= 15 is 0 Å². The second kappa shape index (κ2) is 10.4. The van der Waals surface area contributed by atoms with Gasteiger partial charge in [0.25, 0.3) is 0 Å². The fourth-order valence-electron chi connectivity index (χ4n) is 4.66. The second-order valence-electron chi connectivity index (χ2n) is 8.66. The van der Waals surface area contributed by atoms with Gasteiger partial charge in [0.15, 0.2) is 0 Å². The molecule has 6 heteroatoms. The van der Waals surface area contributed by atoms with Crippen LogP contribution in [0, 0.1) is 20.8 Å². The highest BCUT2D eigenvalue weighted by molar-refractivity contribution is 7.89. The lowest BCUT2D eigenvalue weighted by atomic mass is 9.95. The predicted molar refractivity (Wildman–Crippen MR) is 125 cm³/mol. The van der Waals surface area contributed by atoms with Crippen molar-refractivity contribution < 1.29 is 13.2 Å². The maximum atomic E-state index is 13.8. The molecule has 1 amide bonds. The van der Waals surface area contributed by atoms with Crippen molar-refractivity contribution in [1.82, 2.24) is 9.62 Å². The molecule has 0 heterocycles. The summed E-state index contributed by atoms with van der Waals surface area (Å²) >= 11 is 0. The maximum absolute atomic E-state index is 13.8. The molecule has 5 nitrogen and oxygen atoms in total. The van der Waals surface area contributed by atoms with E-state index in [1.165, 1.54) is 4.31 Å². The molecule has 3 rings (SSSR count). The van der Waals surface area contributed by atoms with Gasteiger partial charge in [-0.3, -0.25) is 4.79 Å². The van der Waals surface area contributed by atoms with Gasteiger partial charge in [-0.1, -0.05) is 67.3 Å². The smallest absolute Gasteiger partial charge is 0.244 e. The van der Waals surface area contributed by atoms with Crippen molar-refractivity contribution in [1.29, 1.82) is 0 Å². The normalized spacial score (nSPS) is 15.2. The quantitative estimate of drug-likeness (QED) is 0.663. The molecule has 2 aromatic rings. The van der Waals surface area contributed by atoms with E-state index in [0.717, 1.165) is 60.8 Å². The van der Waals surface area contributed by atoms with Crippen molar-refractivity contribution in [3.05, 3.63) is 64.7 Å². The van der Waals surface area contributed by atoms with Gasteiger partial charge in [0.2, 0.25) is 15.9 Å². The molecule has 0 aliphatic heterocycles. The van der Waals surface area contributed by atoms with Crippen LogP contribution in [-0.4, -0.2) is 37.8 Å². The number of hydrogen-bond acceptors (Lipinski definition) is 3. The van der Waals surface area contributed by atoms with Crippen molar-refractivity contribution in [3.8, 4) is 0 Å². The largest absolute Gasteiger partial charge is 0.355 e. The molecule has 1 aliphatic carbocycles. The van der Waals surface area contributed by atoms with Gasteiger partial charge < -0.3 is 5.32 Å². The Bertz CT molecular complexity index is 974.